The summed E-state index contributed by atoms with van der Waals surface area (Å²) in [6.07, 6.45) is -4.17. The average molecular weight is 257 g/mol. The van der Waals surface area contributed by atoms with Gasteiger partial charge in [0.2, 0.25) is 0 Å². The van der Waals surface area contributed by atoms with Crippen LogP contribution in [-0.2, 0) is 0 Å². The van der Waals surface area contributed by atoms with Gasteiger partial charge in [-0.1, -0.05) is 12.1 Å². The first-order chi connectivity index (χ1) is 7.86. The Hall–Kier alpha value is -1.02. The summed E-state index contributed by atoms with van der Waals surface area (Å²) in [6.45, 7) is 1.97. The number of nitrogens with zero attached hydrogens (tertiary/aromatic N) is 2. The van der Waals surface area contributed by atoms with E-state index in [1.54, 1.807) is 6.92 Å². The van der Waals surface area contributed by atoms with Gasteiger partial charge in [-0.25, -0.2) is 0 Å². The molecular weight excluding hydrogens is 239 g/mol. The standard InChI is InChI=1S/C9H18F3N3O2/c1-2-15(4-3-5-16)6-7(8(13)14-17)9(10,11)12/h7,16-17H,2-6H2,1H3,(H2,13,14). The second kappa shape index (κ2) is 7.33. The Morgan fingerprint density at radius 3 is 2.41 bits per heavy atom. The normalized spacial score (nSPS) is 15.3. The first kappa shape index (κ1) is 16.0. The summed E-state index contributed by atoms with van der Waals surface area (Å²) < 4.78 is 37.9. The van der Waals surface area contributed by atoms with Crippen molar-refractivity contribution in [2.75, 3.05) is 26.2 Å². The molecule has 0 heterocycles. The van der Waals surface area contributed by atoms with E-state index < -0.39 is 17.9 Å². The summed E-state index contributed by atoms with van der Waals surface area (Å²) in [7, 11) is 0. The van der Waals surface area contributed by atoms with Crippen LogP contribution in [0.1, 0.15) is 13.3 Å². The highest BCUT2D eigenvalue weighted by Gasteiger charge is 2.43. The first-order valence-corrected chi connectivity index (χ1v) is 5.24. The molecule has 0 saturated carbocycles. The molecule has 8 heteroatoms. The monoisotopic (exact) mass is 257 g/mol. The Balaban J connectivity index is 4.61. The third kappa shape index (κ3) is 5.73. The Labute approximate surface area is 97.7 Å². The minimum atomic E-state index is -4.55. The maximum Gasteiger partial charge on any atom is 0.400 e. The minimum Gasteiger partial charge on any atom is -0.409 e. The van der Waals surface area contributed by atoms with Crippen molar-refractivity contribution in [2.45, 2.75) is 19.5 Å². The summed E-state index contributed by atoms with van der Waals surface area (Å²) in [6, 6.07) is 0. The second-order valence-electron chi connectivity index (χ2n) is 3.59. The number of amidine groups is 1. The van der Waals surface area contributed by atoms with Crippen LogP contribution in [0.25, 0.3) is 0 Å². The predicted molar refractivity (Wildman–Crippen MR) is 56.8 cm³/mol. The smallest absolute Gasteiger partial charge is 0.400 e. The van der Waals surface area contributed by atoms with Gasteiger partial charge in [0.15, 0.2) is 5.84 Å². The molecule has 0 aromatic heterocycles. The van der Waals surface area contributed by atoms with Crippen molar-refractivity contribution >= 4 is 5.84 Å². The highest BCUT2D eigenvalue weighted by atomic mass is 19.4. The van der Waals surface area contributed by atoms with Gasteiger partial charge in [-0.2, -0.15) is 13.2 Å². The minimum absolute atomic E-state index is 0.0866. The van der Waals surface area contributed by atoms with Crippen LogP contribution in [0.4, 0.5) is 13.2 Å². The number of halogens is 3. The lowest BCUT2D eigenvalue weighted by molar-refractivity contribution is -0.160. The SMILES string of the molecule is CCN(CCCO)CC(C(N)=NO)C(F)(F)F. The lowest BCUT2D eigenvalue weighted by Crippen LogP contribution is -2.44. The van der Waals surface area contributed by atoms with Crippen LogP contribution in [0.2, 0.25) is 0 Å². The van der Waals surface area contributed by atoms with E-state index >= 15 is 0 Å². The fourth-order valence-electron chi connectivity index (χ4n) is 1.37. The van der Waals surface area contributed by atoms with Crippen LogP contribution < -0.4 is 5.73 Å². The van der Waals surface area contributed by atoms with Crippen molar-refractivity contribution in [1.29, 1.82) is 0 Å². The number of oxime groups is 1. The highest BCUT2D eigenvalue weighted by molar-refractivity contribution is 5.83. The largest absolute Gasteiger partial charge is 0.409 e. The van der Waals surface area contributed by atoms with Crippen LogP contribution >= 0.6 is 0 Å². The van der Waals surface area contributed by atoms with Crippen LogP contribution in [0.3, 0.4) is 0 Å². The van der Waals surface area contributed by atoms with Gasteiger partial charge in [0, 0.05) is 19.7 Å². The van der Waals surface area contributed by atoms with E-state index in [2.05, 4.69) is 5.16 Å². The van der Waals surface area contributed by atoms with E-state index in [1.807, 2.05) is 0 Å². The number of rotatable bonds is 7. The molecule has 5 nitrogen and oxygen atoms in total. The molecule has 102 valence electrons. The molecule has 0 aliphatic carbocycles. The quantitative estimate of drug-likeness (QED) is 0.270. The maximum atomic E-state index is 12.6. The summed E-state index contributed by atoms with van der Waals surface area (Å²) in [5.74, 6) is -2.84. The third-order valence-corrected chi connectivity index (χ3v) is 2.39. The van der Waals surface area contributed by atoms with Crippen molar-refractivity contribution in [1.82, 2.24) is 4.90 Å². The first-order valence-electron chi connectivity index (χ1n) is 5.24. The van der Waals surface area contributed by atoms with Crippen molar-refractivity contribution in [3.8, 4) is 0 Å². The second-order valence-corrected chi connectivity index (χ2v) is 3.59. The number of aliphatic hydroxyl groups is 1. The van der Waals surface area contributed by atoms with Crippen LogP contribution in [0.5, 0.6) is 0 Å². The lowest BCUT2D eigenvalue weighted by Gasteiger charge is -2.26. The van der Waals surface area contributed by atoms with Crippen LogP contribution in [-0.4, -0.2) is 53.5 Å². The zero-order valence-corrected chi connectivity index (χ0v) is 9.61. The molecule has 0 spiro atoms. The summed E-state index contributed by atoms with van der Waals surface area (Å²) in [4.78, 5) is 1.49. The molecule has 0 radical (unpaired) electrons. The fraction of sp³-hybridized carbons (Fsp3) is 0.889. The molecule has 0 aliphatic heterocycles. The Morgan fingerprint density at radius 1 is 1.47 bits per heavy atom. The number of nitrogens with two attached hydrogens (primary N) is 1. The zero-order valence-electron chi connectivity index (χ0n) is 9.61. The molecule has 17 heavy (non-hydrogen) atoms. The van der Waals surface area contributed by atoms with E-state index in [1.165, 1.54) is 4.90 Å². The van der Waals surface area contributed by atoms with E-state index in [-0.39, 0.29) is 13.2 Å². The van der Waals surface area contributed by atoms with E-state index in [0.717, 1.165) is 0 Å². The van der Waals surface area contributed by atoms with Gasteiger partial charge in [0.25, 0.3) is 0 Å². The summed E-state index contributed by atoms with van der Waals surface area (Å²) in [5, 5.41) is 19.4. The van der Waals surface area contributed by atoms with Crippen LogP contribution in [0, 0.1) is 5.92 Å². The maximum absolute atomic E-state index is 12.6. The lowest BCUT2D eigenvalue weighted by atomic mass is 10.1. The van der Waals surface area contributed by atoms with Gasteiger partial charge in [-0.15, -0.1) is 0 Å². The molecule has 0 fully saturated rings. The Bertz CT molecular complexity index is 246. The summed E-state index contributed by atoms with van der Waals surface area (Å²) in [5.41, 5.74) is 5.04. The number of hydrogen-bond acceptors (Lipinski definition) is 4. The van der Waals surface area contributed by atoms with Gasteiger partial charge >= 0.3 is 6.18 Å². The van der Waals surface area contributed by atoms with Gasteiger partial charge in [-0.3, -0.25) is 0 Å². The zero-order chi connectivity index (χ0) is 13.5. The molecule has 0 aromatic carbocycles. The van der Waals surface area contributed by atoms with Crippen LogP contribution in [0.15, 0.2) is 5.16 Å². The van der Waals surface area contributed by atoms with Crippen molar-refractivity contribution in [3.05, 3.63) is 0 Å². The molecule has 0 amide bonds. The van der Waals surface area contributed by atoms with Crippen molar-refractivity contribution in [3.63, 3.8) is 0 Å². The molecule has 1 atom stereocenters. The molecule has 0 saturated heterocycles. The average Bonchev–Trinajstić information content (AvgIpc) is 2.27. The molecule has 0 aliphatic rings. The molecule has 1 unspecified atom stereocenters. The van der Waals surface area contributed by atoms with Gasteiger partial charge in [-0.05, 0) is 13.0 Å². The molecule has 0 rings (SSSR count). The van der Waals surface area contributed by atoms with E-state index in [0.29, 0.717) is 19.5 Å². The number of alkyl halides is 3. The molecule has 4 N–H and O–H groups in total. The van der Waals surface area contributed by atoms with Crippen molar-refractivity contribution in [2.24, 2.45) is 16.8 Å². The highest BCUT2D eigenvalue weighted by Crippen LogP contribution is 2.27. The van der Waals surface area contributed by atoms with E-state index in [4.69, 9.17) is 16.0 Å². The molecule has 0 aromatic rings. The Morgan fingerprint density at radius 2 is 2.06 bits per heavy atom. The molecule has 0 bridgehead atoms. The Kier molecular flexibility index (Phi) is 6.89. The third-order valence-electron chi connectivity index (χ3n) is 2.39. The summed E-state index contributed by atoms with van der Waals surface area (Å²) >= 11 is 0. The number of hydrogen-bond donors (Lipinski definition) is 3. The van der Waals surface area contributed by atoms with Gasteiger partial charge < -0.3 is 20.9 Å². The van der Waals surface area contributed by atoms with E-state index in [9.17, 15) is 13.2 Å². The predicted octanol–water partition coefficient (Wildman–Crippen LogP) is 0.616. The number of aliphatic hydroxyl groups excluding tert-OH is 1. The topological polar surface area (TPSA) is 82.1 Å². The fourth-order valence-corrected chi connectivity index (χ4v) is 1.37. The van der Waals surface area contributed by atoms with Gasteiger partial charge in [0.1, 0.15) is 5.92 Å². The van der Waals surface area contributed by atoms with Gasteiger partial charge in [0.05, 0.1) is 0 Å². The molecular formula is C9H18F3N3O2. The van der Waals surface area contributed by atoms with Crippen molar-refractivity contribution < 1.29 is 23.5 Å².